The van der Waals surface area contributed by atoms with Gasteiger partial charge in [0.1, 0.15) is 12.4 Å². The number of carbonyl (C=O) groups excluding carboxylic acids is 1. The minimum absolute atomic E-state index is 0.279. The zero-order valence-corrected chi connectivity index (χ0v) is 12.7. The van der Waals surface area contributed by atoms with Crippen molar-refractivity contribution >= 4 is 12.0 Å². The van der Waals surface area contributed by atoms with Crippen LogP contribution in [-0.2, 0) is 9.53 Å². The lowest BCUT2D eigenvalue weighted by atomic mass is 10.1. The first-order valence-corrected chi connectivity index (χ1v) is 6.76. The van der Waals surface area contributed by atoms with Crippen molar-refractivity contribution in [3.8, 4) is 5.75 Å². The zero-order chi connectivity index (χ0) is 15.0. The van der Waals surface area contributed by atoms with Gasteiger partial charge in [0, 0.05) is 12.1 Å². The van der Waals surface area contributed by atoms with Gasteiger partial charge >= 0.3 is 5.97 Å². The first-order chi connectivity index (χ1) is 9.52. The summed E-state index contributed by atoms with van der Waals surface area (Å²) in [6.07, 6.45) is 1.81. The van der Waals surface area contributed by atoms with Crippen LogP contribution < -0.4 is 4.74 Å². The lowest BCUT2D eigenvalue weighted by molar-refractivity contribution is -0.138. The topological polar surface area (TPSA) is 38.8 Å². The number of ether oxygens (including phenoxy) is 2. The lowest BCUT2D eigenvalue weighted by Gasteiger charge is -2.11. The number of likely N-dealkylation sites (N-methyl/N-ethyl adjacent to an activating group) is 1. The van der Waals surface area contributed by atoms with Gasteiger partial charge < -0.3 is 14.4 Å². The van der Waals surface area contributed by atoms with Crippen LogP contribution in [0.3, 0.4) is 0 Å². The van der Waals surface area contributed by atoms with Crippen LogP contribution in [0.25, 0.3) is 6.08 Å². The second kappa shape index (κ2) is 8.38. The summed E-state index contributed by atoms with van der Waals surface area (Å²) in [5.74, 6) is 0.552. The van der Waals surface area contributed by atoms with E-state index in [1.54, 1.807) is 13.8 Å². The summed E-state index contributed by atoms with van der Waals surface area (Å²) in [5, 5.41) is 0. The molecule has 0 saturated carbocycles. The quantitative estimate of drug-likeness (QED) is 0.567. The van der Waals surface area contributed by atoms with E-state index >= 15 is 0 Å². The molecular formula is C16H23NO3. The molecule has 0 atom stereocenters. The molecule has 0 amide bonds. The van der Waals surface area contributed by atoms with E-state index < -0.39 is 0 Å². The number of benzene rings is 1. The van der Waals surface area contributed by atoms with Crippen molar-refractivity contribution in [3.05, 3.63) is 35.4 Å². The number of hydrogen-bond acceptors (Lipinski definition) is 4. The molecule has 110 valence electrons. The third kappa shape index (κ3) is 5.89. The van der Waals surface area contributed by atoms with E-state index in [2.05, 4.69) is 4.90 Å². The van der Waals surface area contributed by atoms with Crippen molar-refractivity contribution in [2.24, 2.45) is 0 Å². The molecule has 4 heteroatoms. The minimum atomic E-state index is -0.279. The summed E-state index contributed by atoms with van der Waals surface area (Å²) in [7, 11) is 4.02. The molecule has 0 heterocycles. The fourth-order valence-corrected chi connectivity index (χ4v) is 1.56. The van der Waals surface area contributed by atoms with E-state index in [1.807, 2.05) is 44.4 Å². The van der Waals surface area contributed by atoms with Crippen molar-refractivity contribution in [2.75, 3.05) is 33.9 Å². The number of hydrogen-bond donors (Lipinski definition) is 0. The predicted octanol–water partition coefficient (Wildman–Crippen LogP) is 2.59. The van der Waals surface area contributed by atoms with Gasteiger partial charge in [0.05, 0.1) is 6.61 Å². The van der Waals surface area contributed by atoms with Crippen LogP contribution in [0.2, 0.25) is 0 Å². The van der Waals surface area contributed by atoms with Gasteiger partial charge in [-0.25, -0.2) is 4.79 Å². The number of nitrogens with zero attached hydrogens (tertiary/aromatic N) is 1. The summed E-state index contributed by atoms with van der Waals surface area (Å²) in [5.41, 5.74) is 1.55. The van der Waals surface area contributed by atoms with Crippen LogP contribution in [-0.4, -0.2) is 44.7 Å². The van der Waals surface area contributed by atoms with Crippen LogP contribution in [0.15, 0.2) is 29.8 Å². The van der Waals surface area contributed by atoms with Crippen molar-refractivity contribution < 1.29 is 14.3 Å². The van der Waals surface area contributed by atoms with E-state index in [1.165, 1.54) is 0 Å². The van der Waals surface area contributed by atoms with E-state index in [0.29, 0.717) is 18.8 Å². The largest absolute Gasteiger partial charge is 0.492 e. The molecular weight excluding hydrogens is 254 g/mol. The zero-order valence-electron chi connectivity index (χ0n) is 12.7. The number of rotatable bonds is 7. The highest BCUT2D eigenvalue weighted by Crippen LogP contribution is 2.15. The predicted molar refractivity (Wildman–Crippen MR) is 80.8 cm³/mol. The third-order valence-corrected chi connectivity index (χ3v) is 2.67. The molecule has 0 saturated heterocycles. The van der Waals surface area contributed by atoms with Crippen LogP contribution in [0.5, 0.6) is 5.75 Å². The van der Waals surface area contributed by atoms with Crippen molar-refractivity contribution in [2.45, 2.75) is 13.8 Å². The number of esters is 1. The van der Waals surface area contributed by atoms with Crippen molar-refractivity contribution in [1.82, 2.24) is 4.90 Å². The second-order valence-corrected chi connectivity index (χ2v) is 4.77. The Morgan fingerprint density at radius 3 is 2.45 bits per heavy atom. The normalized spacial score (nSPS) is 11.6. The summed E-state index contributed by atoms with van der Waals surface area (Å²) in [4.78, 5) is 13.6. The van der Waals surface area contributed by atoms with Gasteiger partial charge in [-0.05, 0) is 51.7 Å². The fourth-order valence-electron chi connectivity index (χ4n) is 1.56. The van der Waals surface area contributed by atoms with E-state index in [-0.39, 0.29) is 5.97 Å². The highest BCUT2D eigenvalue weighted by atomic mass is 16.5. The maximum absolute atomic E-state index is 11.5. The molecule has 0 spiro atoms. The van der Waals surface area contributed by atoms with Crippen LogP contribution in [0.4, 0.5) is 0 Å². The van der Waals surface area contributed by atoms with Gasteiger partial charge in [0.15, 0.2) is 0 Å². The first kappa shape index (κ1) is 16.2. The van der Waals surface area contributed by atoms with Gasteiger partial charge in [0.25, 0.3) is 0 Å². The Morgan fingerprint density at radius 1 is 1.25 bits per heavy atom. The Kier molecular flexibility index (Phi) is 6.81. The summed E-state index contributed by atoms with van der Waals surface area (Å²) in [6.45, 7) is 5.47. The number of carbonyl (C=O) groups is 1. The molecule has 0 N–H and O–H groups in total. The fraction of sp³-hybridized carbons (Fsp3) is 0.438. The maximum Gasteiger partial charge on any atom is 0.333 e. The molecule has 1 aromatic rings. The Hall–Kier alpha value is -1.81. The molecule has 0 aliphatic carbocycles. The molecule has 1 rings (SSSR count). The first-order valence-electron chi connectivity index (χ1n) is 6.76. The Morgan fingerprint density at radius 2 is 1.90 bits per heavy atom. The summed E-state index contributed by atoms with van der Waals surface area (Å²) < 4.78 is 10.5. The Labute approximate surface area is 121 Å². The van der Waals surface area contributed by atoms with Crippen LogP contribution in [0, 0.1) is 0 Å². The van der Waals surface area contributed by atoms with Gasteiger partial charge in [-0.2, -0.15) is 0 Å². The van der Waals surface area contributed by atoms with Crippen molar-refractivity contribution in [3.63, 3.8) is 0 Å². The summed E-state index contributed by atoms with van der Waals surface area (Å²) in [6, 6.07) is 7.65. The second-order valence-electron chi connectivity index (χ2n) is 4.77. The van der Waals surface area contributed by atoms with Gasteiger partial charge in [-0.3, -0.25) is 0 Å². The molecule has 0 unspecified atom stereocenters. The smallest absolute Gasteiger partial charge is 0.333 e. The average molecular weight is 277 g/mol. The molecule has 0 fully saturated rings. The molecule has 0 bridgehead atoms. The van der Waals surface area contributed by atoms with Crippen LogP contribution in [0.1, 0.15) is 19.4 Å². The average Bonchev–Trinajstić information content (AvgIpc) is 2.40. The monoisotopic (exact) mass is 277 g/mol. The molecule has 20 heavy (non-hydrogen) atoms. The standard InChI is InChI=1S/C16H23NO3/c1-5-19-16(18)13(2)12-14-6-8-15(9-7-14)20-11-10-17(3)4/h6-9,12H,5,10-11H2,1-4H3/b13-12+. The van der Waals surface area contributed by atoms with E-state index in [9.17, 15) is 4.79 Å². The highest BCUT2D eigenvalue weighted by molar-refractivity contribution is 5.92. The minimum Gasteiger partial charge on any atom is -0.492 e. The molecule has 0 radical (unpaired) electrons. The third-order valence-electron chi connectivity index (χ3n) is 2.67. The Bertz CT molecular complexity index is 449. The molecule has 0 aliphatic rings. The van der Waals surface area contributed by atoms with Crippen molar-refractivity contribution in [1.29, 1.82) is 0 Å². The van der Waals surface area contributed by atoms with E-state index in [0.717, 1.165) is 17.9 Å². The Balaban J connectivity index is 2.57. The van der Waals surface area contributed by atoms with Gasteiger partial charge in [-0.1, -0.05) is 12.1 Å². The molecule has 0 aliphatic heterocycles. The lowest BCUT2D eigenvalue weighted by Crippen LogP contribution is -2.19. The molecule has 0 aromatic heterocycles. The maximum atomic E-state index is 11.5. The summed E-state index contributed by atoms with van der Waals surface area (Å²) >= 11 is 0. The van der Waals surface area contributed by atoms with E-state index in [4.69, 9.17) is 9.47 Å². The van der Waals surface area contributed by atoms with Crippen LogP contribution >= 0.6 is 0 Å². The highest BCUT2D eigenvalue weighted by Gasteiger charge is 2.04. The SMILES string of the molecule is CCOC(=O)/C(C)=C/c1ccc(OCCN(C)C)cc1. The van der Waals surface area contributed by atoms with Gasteiger partial charge in [0.2, 0.25) is 0 Å². The van der Waals surface area contributed by atoms with Gasteiger partial charge in [-0.15, -0.1) is 0 Å². The molecule has 1 aromatic carbocycles. The molecule has 4 nitrogen and oxygen atoms in total.